The predicted molar refractivity (Wildman–Crippen MR) is 86.5 cm³/mol. The lowest BCUT2D eigenvalue weighted by molar-refractivity contribution is -0.118. The summed E-state index contributed by atoms with van der Waals surface area (Å²) in [5.74, 6) is 0.527. The molecule has 1 aromatic carbocycles. The normalized spacial score (nSPS) is 11.1. The summed E-state index contributed by atoms with van der Waals surface area (Å²) in [5, 5.41) is 9.55. The summed E-state index contributed by atoms with van der Waals surface area (Å²) in [6.07, 6.45) is 2.95. The van der Waals surface area contributed by atoms with Crippen molar-refractivity contribution >= 4 is 11.7 Å². The summed E-state index contributed by atoms with van der Waals surface area (Å²) in [6.45, 7) is 1.37. The molecule has 0 bridgehead atoms. The van der Waals surface area contributed by atoms with E-state index in [0.717, 1.165) is 0 Å². The summed E-state index contributed by atoms with van der Waals surface area (Å²) in [5.41, 5.74) is 6.18. The van der Waals surface area contributed by atoms with Crippen LogP contribution in [-0.4, -0.2) is 30.1 Å². The molecule has 2 aromatic rings. The average Bonchev–Trinajstić information content (AvgIpc) is 2.60. The van der Waals surface area contributed by atoms with Gasteiger partial charge < -0.3 is 9.47 Å². The van der Waals surface area contributed by atoms with Crippen LogP contribution < -0.4 is 20.3 Å². The summed E-state index contributed by atoms with van der Waals surface area (Å²) in [6, 6.07) is 7.42. The van der Waals surface area contributed by atoms with Gasteiger partial charge in [-0.1, -0.05) is 6.07 Å². The summed E-state index contributed by atoms with van der Waals surface area (Å²) in [7, 11) is 3.07. The molecule has 0 aliphatic rings. The van der Waals surface area contributed by atoms with Gasteiger partial charge in [0.1, 0.15) is 5.92 Å². The van der Waals surface area contributed by atoms with Crippen molar-refractivity contribution < 1.29 is 14.3 Å². The van der Waals surface area contributed by atoms with Gasteiger partial charge in [0.2, 0.25) is 5.91 Å². The number of nitriles is 1. The first-order valence-corrected chi connectivity index (χ1v) is 7.05. The Bertz CT molecular complexity index is 773. The first-order valence-electron chi connectivity index (χ1n) is 7.05. The van der Waals surface area contributed by atoms with Crippen LogP contribution in [0.4, 0.5) is 5.82 Å². The van der Waals surface area contributed by atoms with E-state index in [2.05, 4.69) is 26.9 Å². The summed E-state index contributed by atoms with van der Waals surface area (Å²) >= 11 is 0. The second-order valence-electron chi connectivity index (χ2n) is 4.81. The highest BCUT2D eigenvalue weighted by Gasteiger charge is 2.18. The molecule has 8 heteroatoms. The Labute approximate surface area is 139 Å². The molecule has 0 unspecified atom stereocenters. The van der Waals surface area contributed by atoms with E-state index in [9.17, 15) is 10.1 Å². The van der Waals surface area contributed by atoms with Crippen LogP contribution in [-0.2, 0) is 4.79 Å². The third-order valence-corrected chi connectivity index (χ3v) is 3.19. The summed E-state index contributed by atoms with van der Waals surface area (Å²) in [4.78, 5) is 19.3. The van der Waals surface area contributed by atoms with E-state index in [-0.39, 0.29) is 5.91 Å². The van der Waals surface area contributed by atoms with Crippen LogP contribution in [0.5, 0.6) is 11.5 Å². The lowest BCUT2D eigenvalue weighted by Gasteiger charge is -2.14. The molecule has 1 atom stereocenters. The molecule has 2 N–H and O–H groups in total. The molecule has 0 saturated heterocycles. The number of nitrogens with one attached hydrogen (secondary N) is 2. The van der Waals surface area contributed by atoms with Crippen molar-refractivity contribution in [2.24, 2.45) is 0 Å². The molecule has 2 rings (SSSR count). The molecule has 1 aromatic heterocycles. The second kappa shape index (κ2) is 7.78. The van der Waals surface area contributed by atoms with E-state index in [0.29, 0.717) is 28.6 Å². The largest absolute Gasteiger partial charge is 0.493 e. The molecule has 0 spiro atoms. The van der Waals surface area contributed by atoms with Gasteiger partial charge in [-0.2, -0.15) is 5.26 Å². The fourth-order valence-corrected chi connectivity index (χ4v) is 2.08. The molecule has 0 fully saturated rings. The topological polar surface area (TPSA) is 109 Å². The number of carbonyl (C=O) groups is 1. The standard InChI is InChI=1S/C16H17N5O3/c1-10(22)20-21-16-9-18-8-13(19-16)12(7-17)11-4-5-14(23-2)15(6-11)24-3/h4-6,8-9,12H,1-3H3,(H,19,21)(H,20,22)/t12-/m1/s1. The average molecular weight is 327 g/mol. The second-order valence-corrected chi connectivity index (χ2v) is 4.81. The lowest BCUT2D eigenvalue weighted by Crippen LogP contribution is -2.27. The Balaban J connectivity index is 2.33. The van der Waals surface area contributed by atoms with E-state index in [1.807, 2.05) is 0 Å². The zero-order valence-electron chi connectivity index (χ0n) is 13.5. The highest BCUT2D eigenvalue weighted by Crippen LogP contribution is 2.32. The van der Waals surface area contributed by atoms with Crippen molar-refractivity contribution in [3.05, 3.63) is 41.9 Å². The maximum absolute atomic E-state index is 10.9. The Morgan fingerprint density at radius 3 is 2.62 bits per heavy atom. The third-order valence-electron chi connectivity index (χ3n) is 3.19. The molecule has 24 heavy (non-hydrogen) atoms. The maximum Gasteiger partial charge on any atom is 0.235 e. The van der Waals surface area contributed by atoms with Crippen LogP contribution in [0.2, 0.25) is 0 Å². The van der Waals surface area contributed by atoms with E-state index in [4.69, 9.17) is 9.47 Å². The van der Waals surface area contributed by atoms with Crippen LogP contribution in [0.25, 0.3) is 0 Å². The van der Waals surface area contributed by atoms with Crippen molar-refractivity contribution in [3.8, 4) is 17.6 Å². The number of hydrazine groups is 1. The van der Waals surface area contributed by atoms with Crippen molar-refractivity contribution in [2.45, 2.75) is 12.8 Å². The van der Waals surface area contributed by atoms with Crippen LogP contribution in [0.15, 0.2) is 30.6 Å². The number of anilines is 1. The van der Waals surface area contributed by atoms with E-state index in [1.54, 1.807) is 25.3 Å². The lowest BCUT2D eigenvalue weighted by atomic mass is 9.97. The number of carbonyl (C=O) groups excluding carboxylic acids is 1. The number of rotatable bonds is 6. The zero-order valence-corrected chi connectivity index (χ0v) is 13.5. The fourth-order valence-electron chi connectivity index (χ4n) is 2.08. The number of nitrogens with zero attached hydrogens (tertiary/aromatic N) is 3. The first kappa shape index (κ1) is 17.0. The van der Waals surface area contributed by atoms with Crippen LogP contribution in [0, 0.1) is 11.3 Å². The van der Waals surface area contributed by atoms with Gasteiger partial charge in [0.15, 0.2) is 17.3 Å². The minimum atomic E-state index is -0.642. The number of hydrogen-bond donors (Lipinski definition) is 2. The zero-order chi connectivity index (χ0) is 17.5. The molecule has 0 aliphatic heterocycles. The van der Waals surface area contributed by atoms with Gasteiger partial charge >= 0.3 is 0 Å². The molecule has 124 valence electrons. The highest BCUT2D eigenvalue weighted by molar-refractivity contribution is 5.74. The predicted octanol–water partition coefficient (Wildman–Crippen LogP) is 1.61. The smallest absolute Gasteiger partial charge is 0.235 e. The Morgan fingerprint density at radius 2 is 2.00 bits per heavy atom. The molecular formula is C16H17N5O3. The van der Waals surface area contributed by atoms with E-state index >= 15 is 0 Å². The Kier molecular flexibility index (Phi) is 5.52. The number of benzene rings is 1. The van der Waals surface area contributed by atoms with Crippen molar-refractivity contribution in [1.29, 1.82) is 5.26 Å². The molecule has 0 radical (unpaired) electrons. The molecule has 0 aliphatic carbocycles. The van der Waals surface area contributed by atoms with E-state index in [1.165, 1.54) is 26.4 Å². The Morgan fingerprint density at radius 1 is 1.25 bits per heavy atom. The van der Waals surface area contributed by atoms with Gasteiger partial charge in [0, 0.05) is 6.92 Å². The number of hydrogen-bond acceptors (Lipinski definition) is 7. The Hall–Kier alpha value is -3.34. The molecule has 8 nitrogen and oxygen atoms in total. The number of amides is 1. The summed E-state index contributed by atoms with van der Waals surface area (Å²) < 4.78 is 10.5. The molecular weight excluding hydrogens is 310 g/mol. The van der Waals surface area contributed by atoms with Gasteiger partial charge in [-0.3, -0.25) is 20.6 Å². The van der Waals surface area contributed by atoms with Gasteiger partial charge in [-0.15, -0.1) is 0 Å². The van der Waals surface area contributed by atoms with Crippen LogP contribution in [0.3, 0.4) is 0 Å². The van der Waals surface area contributed by atoms with Crippen molar-refractivity contribution in [3.63, 3.8) is 0 Å². The number of methoxy groups -OCH3 is 2. The van der Waals surface area contributed by atoms with Crippen molar-refractivity contribution in [1.82, 2.24) is 15.4 Å². The van der Waals surface area contributed by atoms with Gasteiger partial charge in [0.05, 0.1) is 38.4 Å². The van der Waals surface area contributed by atoms with Crippen molar-refractivity contribution in [2.75, 3.05) is 19.6 Å². The molecule has 1 amide bonds. The van der Waals surface area contributed by atoms with Gasteiger partial charge in [-0.25, -0.2) is 4.98 Å². The number of aromatic nitrogens is 2. The third kappa shape index (κ3) is 3.89. The highest BCUT2D eigenvalue weighted by atomic mass is 16.5. The number of ether oxygens (including phenoxy) is 2. The monoisotopic (exact) mass is 327 g/mol. The van der Waals surface area contributed by atoms with Gasteiger partial charge in [-0.05, 0) is 17.7 Å². The van der Waals surface area contributed by atoms with Crippen LogP contribution in [0.1, 0.15) is 24.1 Å². The first-order chi connectivity index (χ1) is 11.6. The quantitative estimate of drug-likeness (QED) is 0.776. The van der Waals surface area contributed by atoms with E-state index < -0.39 is 5.92 Å². The molecule has 0 saturated carbocycles. The minimum absolute atomic E-state index is 0.265. The van der Waals surface area contributed by atoms with Crippen LogP contribution >= 0.6 is 0 Å². The minimum Gasteiger partial charge on any atom is -0.493 e. The maximum atomic E-state index is 10.9. The SMILES string of the molecule is COc1ccc([C@@H](C#N)c2cncc(NNC(C)=O)n2)cc1OC. The van der Waals surface area contributed by atoms with Gasteiger partial charge in [0.25, 0.3) is 0 Å². The molecule has 1 heterocycles. The fraction of sp³-hybridized carbons (Fsp3) is 0.250.